The minimum atomic E-state index is -4.47. The molecule has 2 aromatic carbocycles. The largest absolute Gasteiger partial charge is 0.416 e. The van der Waals surface area contributed by atoms with Crippen LogP contribution in [0.25, 0.3) is 0 Å². The molecule has 2 aromatic rings. The topological polar surface area (TPSA) is 58.2 Å². The lowest BCUT2D eigenvalue weighted by Gasteiger charge is -2.21. The van der Waals surface area contributed by atoms with E-state index in [1.807, 2.05) is 20.8 Å². The second kappa shape index (κ2) is 7.82. The summed E-state index contributed by atoms with van der Waals surface area (Å²) in [7, 11) is 0. The van der Waals surface area contributed by atoms with Crippen LogP contribution in [0.4, 0.5) is 18.9 Å². The molecule has 0 spiro atoms. The molecule has 0 aliphatic carbocycles. The van der Waals surface area contributed by atoms with Crippen molar-refractivity contribution in [2.45, 2.75) is 38.9 Å². The molecule has 0 bridgehead atoms. The van der Waals surface area contributed by atoms with Crippen LogP contribution in [0.2, 0.25) is 0 Å². The van der Waals surface area contributed by atoms with Crippen molar-refractivity contribution in [3.05, 3.63) is 65.2 Å². The fraction of sp³-hybridized carbons (Fsp3) is 0.300. The Hall–Kier alpha value is -2.83. The normalized spacial score (nSPS) is 11.8. The van der Waals surface area contributed by atoms with Gasteiger partial charge in [0.05, 0.1) is 23.2 Å². The lowest BCUT2D eigenvalue weighted by atomic mass is 10.1. The van der Waals surface area contributed by atoms with Crippen molar-refractivity contribution in [1.29, 1.82) is 0 Å². The van der Waals surface area contributed by atoms with Crippen molar-refractivity contribution in [3.8, 4) is 0 Å². The summed E-state index contributed by atoms with van der Waals surface area (Å²) in [4.78, 5) is 24.7. The summed E-state index contributed by atoms with van der Waals surface area (Å²) < 4.78 is 38.4. The Morgan fingerprint density at radius 1 is 0.963 bits per heavy atom. The van der Waals surface area contributed by atoms with Crippen LogP contribution in [0, 0.1) is 0 Å². The van der Waals surface area contributed by atoms with Crippen LogP contribution in [-0.2, 0) is 17.4 Å². The van der Waals surface area contributed by atoms with E-state index in [-0.39, 0.29) is 23.5 Å². The molecular weight excluding hydrogens is 357 g/mol. The summed E-state index contributed by atoms with van der Waals surface area (Å²) in [6.07, 6.45) is -4.71. The minimum absolute atomic E-state index is 0.235. The molecule has 0 heterocycles. The Morgan fingerprint density at radius 2 is 1.63 bits per heavy atom. The highest BCUT2D eigenvalue weighted by Crippen LogP contribution is 2.29. The molecule has 2 rings (SSSR count). The van der Waals surface area contributed by atoms with Crippen molar-refractivity contribution < 1.29 is 22.8 Å². The van der Waals surface area contributed by atoms with Gasteiger partial charge in [0, 0.05) is 5.54 Å². The van der Waals surface area contributed by atoms with E-state index in [1.54, 1.807) is 24.3 Å². The van der Waals surface area contributed by atoms with Gasteiger partial charge >= 0.3 is 6.18 Å². The van der Waals surface area contributed by atoms with Crippen molar-refractivity contribution in [2.24, 2.45) is 0 Å². The molecule has 0 aliphatic rings. The van der Waals surface area contributed by atoms with Crippen LogP contribution < -0.4 is 10.6 Å². The molecule has 4 nitrogen and oxygen atoms in total. The average molecular weight is 378 g/mol. The zero-order chi connectivity index (χ0) is 20.2. The van der Waals surface area contributed by atoms with Gasteiger partial charge in [-0.15, -0.1) is 0 Å². The van der Waals surface area contributed by atoms with Gasteiger partial charge in [0.25, 0.3) is 5.91 Å². The number of nitrogens with one attached hydrogen (secondary N) is 2. The van der Waals surface area contributed by atoms with Gasteiger partial charge in [0.1, 0.15) is 0 Å². The predicted octanol–water partition coefficient (Wildman–Crippen LogP) is 4.41. The lowest BCUT2D eigenvalue weighted by Crippen LogP contribution is -2.40. The second-order valence-corrected chi connectivity index (χ2v) is 7.17. The maximum atomic E-state index is 12.8. The number of carbonyl (C=O) groups is 2. The van der Waals surface area contributed by atoms with Crippen LogP contribution in [0.15, 0.2) is 48.5 Å². The Bertz CT molecular complexity index is 840. The number of hydrogen-bond donors (Lipinski definition) is 2. The molecule has 0 fully saturated rings. The molecule has 27 heavy (non-hydrogen) atoms. The first-order valence-corrected chi connectivity index (χ1v) is 8.33. The van der Waals surface area contributed by atoms with Crippen LogP contribution in [-0.4, -0.2) is 17.4 Å². The number of para-hydroxylation sites is 1. The summed E-state index contributed by atoms with van der Waals surface area (Å²) >= 11 is 0. The number of amides is 2. The zero-order valence-corrected chi connectivity index (χ0v) is 15.3. The van der Waals surface area contributed by atoms with E-state index in [1.165, 1.54) is 12.1 Å². The molecule has 0 unspecified atom stereocenters. The van der Waals surface area contributed by atoms with Crippen molar-refractivity contribution in [3.63, 3.8) is 0 Å². The molecule has 7 heteroatoms. The quantitative estimate of drug-likeness (QED) is 0.828. The minimum Gasteiger partial charge on any atom is -0.347 e. The van der Waals surface area contributed by atoms with Crippen LogP contribution in [0.1, 0.15) is 42.3 Å². The summed E-state index contributed by atoms with van der Waals surface area (Å²) in [5, 5.41) is 5.41. The molecule has 0 saturated heterocycles. The Morgan fingerprint density at radius 3 is 2.26 bits per heavy atom. The highest BCUT2D eigenvalue weighted by atomic mass is 19.4. The third-order valence-corrected chi connectivity index (χ3v) is 3.55. The van der Waals surface area contributed by atoms with E-state index in [0.717, 1.165) is 12.1 Å². The molecule has 2 N–H and O–H groups in total. The van der Waals surface area contributed by atoms with Gasteiger partial charge in [-0.05, 0) is 44.5 Å². The van der Waals surface area contributed by atoms with Gasteiger partial charge < -0.3 is 10.6 Å². The maximum Gasteiger partial charge on any atom is 0.416 e. The molecule has 0 saturated carbocycles. The molecule has 144 valence electrons. The highest BCUT2D eigenvalue weighted by molar-refractivity contribution is 6.04. The van der Waals surface area contributed by atoms with E-state index >= 15 is 0 Å². The monoisotopic (exact) mass is 378 g/mol. The summed E-state index contributed by atoms with van der Waals surface area (Å²) in [6.45, 7) is 5.50. The standard InChI is InChI=1S/C20H21F3N2O2/c1-19(2,3)25-18(27)15-9-4-5-10-16(15)24-17(26)12-13-7-6-8-14(11-13)20(21,22)23/h4-11H,12H2,1-3H3,(H,24,26)(H,25,27). The lowest BCUT2D eigenvalue weighted by molar-refractivity contribution is -0.137. The van der Waals surface area contributed by atoms with Gasteiger partial charge in [-0.25, -0.2) is 0 Å². The first-order chi connectivity index (χ1) is 12.5. The number of rotatable bonds is 4. The number of anilines is 1. The van der Waals surface area contributed by atoms with Gasteiger partial charge in [0.2, 0.25) is 5.91 Å². The predicted molar refractivity (Wildman–Crippen MR) is 97.4 cm³/mol. The Kier molecular flexibility index (Phi) is 5.93. The Balaban J connectivity index is 2.14. The van der Waals surface area contributed by atoms with E-state index in [9.17, 15) is 22.8 Å². The van der Waals surface area contributed by atoms with Gasteiger partial charge in [0.15, 0.2) is 0 Å². The number of alkyl halides is 3. The highest BCUT2D eigenvalue weighted by Gasteiger charge is 2.30. The third kappa shape index (κ3) is 6.13. The summed E-state index contributed by atoms with van der Waals surface area (Å²) in [5.74, 6) is -0.859. The number of halogens is 3. The van der Waals surface area contributed by atoms with E-state index in [0.29, 0.717) is 5.69 Å². The van der Waals surface area contributed by atoms with Crippen LogP contribution in [0.5, 0.6) is 0 Å². The second-order valence-electron chi connectivity index (χ2n) is 7.17. The molecule has 0 radical (unpaired) electrons. The summed E-state index contributed by atoms with van der Waals surface area (Å²) in [5.41, 5.74) is -0.440. The maximum absolute atomic E-state index is 12.8. The van der Waals surface area contributed by atoms with E-state index in [4.69, 9.17) is 0 Å². The van der Waals surface area contributed by atoms with Crippen LogP contribution >= 0.6 is 0 Å². The first-order valence-electron chi connectivity index (χ1n) is 8.33. The first kappa shape index (κ1) is 20.5. The zero-order valence-electron chi connectivity index (χ0n) is 15.3. The fourth-order valence-corrected chi connectivity index (χ4v) is 2.44. The number of benzene rings is 2. The van der Waals surface area contributed by atoms with Crippen molar-refractivity contribution >= 4 is 17.5 Å². The molecule has 0 aliphatic heterocycles. The Labute approximate surface area is 155 Å². The van der Waals surface area contributed by atoms with Gasteiger partial charge in [-0.2, -0.15) is 13.2 Å². The van der Waals surface area contributed by atoms with Crippen molar-refractivity contribution in [1.82, 2.24) is 5.32 Å². The fourth-order valence-electron chi connectivity index (χ4n) is 2.44. The third-order valence-electron chi connectivity index (χ3n) is 3.55. The van der Waals surface area contributed by atoms with Crippen molar-refractivity contribution in [2.75, 3.05) is 5.32 Å². The van der Waals surface area contributed by atoms with E-state index < -0.39 is 23.2 Å². The molecule has 0 aromatic heterocycles. The van der Waals surface area contributed by atoms with E-state index in [2.05, 4.69) is 10.6 Å². The number of hydrogen-bond acceptors (Lipinski definition) is 2. The number of carbonyl (C=O) groups excluding carboxylic acids is 2. The van der Waals surface area contributed by atoms with Gasteiger partial charge in [-0.3, -0.25) is 9.59 Å². The average Bonchev–Trinajstić information content (AvgIpc) is 2.53. The summed E-state index contributed by atoms with van der Waals surface area (Å²) in [6, 6.07) is 11.1. The molecule has 0 atom stereocenters. The SMILES string of the molecule is CC(C)(C)NC(=O)c1ccccc1NC(=O)Cc1cccc(C(F)(F)F)c1. The van der Waals surface area contributed by atoms with Gasteiger partial charge in [-0.1, -0.05) is 30.3 Å². The molecule has 2 amide bonds. The van der Waals surface area contributed by atoms with Crippen LogP contribution in [0.3, 0.4) is 0 Å². The smallest absolute Gasteiger partial charge is 0.347 e. The molecular formula is C20H21F3N2O2.